The van der Waals surface area contributed by atoms with Crippen LogP contribution in [0.15, 0.2) is 42.5 Å². The Bertz CT molecular complexity index is 949. The van der Waals surface area contributed by atoms with E-state index in [0.717, 1.165) is 28.7 Å². The molecule has 0 spiro atoms. The summed E-state index contributed by atoms with van der Waals surface area (Å²) >= 11 is 0. The Morgan fingerprint density at radius 1 is 1.07 bits per heavy atom. The molecule has 0 saturated heterocycles. The lowest BCUT2D eigenvalue weighted by atomic mass is 10.1. The number of sulfonamides is 1. The van der Waals surface area contributed by atoms with E-state index in [9.17, 15) is 13.2 Å². The van der Waals surface area contributed by atoms with E-state index in [-0.39, 0.29) is 12.0 Å². The number of amides is 1. The number of nitrogens with one attached hydrogen (secondary N) is 1. The average Bonchev–Trinajstić information content (AvgIpc) is 2.62. The van der Waals surface area contributed by atoms with Crippen LogP contribution in [0, 0.1) is 13.8 Å². The maximum Gasteiger partial charge on any atom is 0.244 e. The highest BCUT2D eigenvalue weighted by molar-refractivity contribution is 7.92. The lowest BCUT2D eigenvalue weighted by Gasteiger charge is -2.30. The number of benzene rings is 2. The molecule has 0 fully saturated rings. The molecule has 0 aliphatic rings. The zero-order valence-corrected chi connectivity index (χ0v) is 19.4. The zero-order valence-electron chi connectivity index (χ0n) is 18.6. The van der Waals surface area contributed by atoms with Crippen molar-refractivity contribution in [1.29, 1.82) is 0 Å². The molecule has 1 unspecified atom stereocenters. The Labute approximate surface area is 180 Å². The number of aryl methyl sites for hydroxylation is 2. The number of carbonyl (C=O) groups is 1. The van der Waals surface area contributed by atoms with Crippen LogP contribution in [0.1, 0.15) is 43.9 Å². The van der Waals surface area contributed by atoms with Gasteiger partial charge in [-0.2, -0.15) is 0 Å². The molecule has 0 aliphatic heterocycles. The van der Waals surface area contributed by atoms with Crippen molar-refractivity contribution in [2.75, 3.05) is 10.6 Å². The number of carbonyl (C=O) groups excluding carboxylic acids is 1. The van der Waals surface area contributed by atoms with E-state index in [1.54, 1.807) is 12.1 Å². The number of hydrogen-bond donors (Lipinski definition) is 1. The highest BCUT2D eigenvalue weighted by Gasteiger charge is 2.31. The van der Waals surface area contributed by atoms with E-state index < -0.39 is 16.1 Å². The number of rotatable bonds is 9. The van der Waals surface area contributed by atoms with Crippen LogP contribution in [0.2, 0.25) is 0 Å². The molecular weight excluding hydrogens is 400 g/mol. The highest BCUT2D eigenvalue weighted by atomic mass is 32.2. The van der Waals surface area contributed by atoms with Crippen LogP contribution in [-0.4, -0.2) is 32.7 Å². The first-order valence-corrected chi connectivity index (χ1v) is 12.0. The normalized spacial score (nSPS) is 12.5. The van der Waals surface area contributed by atoms with Gasteiger partial charge in [-0.1, -0.05) is 25.1 Å². The highest BCUT2D eigenvalue weighted by Crippen LogP contribution is 2.25. The van der Waals surface area contributed by atoms with Crippen molar-refractivity contribution in [3.8, 4) is 5.75 Å². The van der Waals surface area contributed by atoms with E-state index in [4.69, 9.17) is 4.74 Å². The summed E-state index contributed by atoms with van der Waals surface area (Å²) in [7, 11) is -3.65. The van der Waals surface area contributed by atoms with E-state index >= 15 is 0 Å². The van der Waals surface area contributed by atoms with E-state index in [1.165, 1.54) is 4.31 Å². The molecule has 0 radical (unpaired) electrons. The predicted molar refractivity (Wildman–Crippen MR) is 121 cm³/mol. The Morgan fingerprint density at radius 2 is 1.63 bits per heavy atom. The second-order valence-corrected chi connectivity index (χ2v) is 9.72. The fourth-order valence-corrected chi connectivity index (χ4v) is 4.60. The quantitative estimate of drug-likeness (QED) is 0.651. The van der Waals surface area contributed by atoms with Crippen molar-refractivity contribution >= 4 is 21.6 Å². The molecule has 7 heteroatoms. The van der Waals surface area contributed by atoms with Gasteiger partial charge < -0.3 is 10.1 Å². The minimum atomic E-state index is -3.65. The summed E-state index contributed by atoms with van der Waals surface area (Å²) in [4.78, 5) is 12.9. The summed E-state index contributed by atoms with van der Waals surface area (Å²) in [5, 5.41) is 2.88. The third kappa shape index (κ3) is 6.49. The number of nitrogens with zero attached hydrogens (tertiary/aromatic N) is 1. The molecule has 0 aliphatic carbocycles. The van der Waals surface area contributed by atoms with Crippen LogP contribution in [0.25, 0.3) is 0 Å². The van der Waals surface area contributed by atoms with Crippen LogP contribution in [0.5, 0.6) is 5.75 Å². The molecule has 0 saturated carbocycles. The van der Waals surface area contributed by atoms with Crippen molar-refractivity contribution in [3.05, 3.63) is 59.2 Å². The van der Waals surface area contributed by atoms with E-state index in [0.29, 0.717) is 18.7 Å². The Hall–Kier alpha value is -2.54. The lowest BCUT2D eigenvalue weighted by Crippen LogP contribution is -2.49. The summed E-state index contributed by atoms with van der Waals surface area (Å²) < 4.78 is 32.0. The maximum atomic E-state index is 12.9. The summed E-state index contributed by atoms with van der Waals surface area (Å²) in [6, 6.07) is 12.2. The molecule has 6 nitrogen and oxygen atoms in total. The van der Waals surface area contributed by atoms with Gasteiger partial charge in [-0.15, -0.1) is 0 Å². The fourth-order valence-electron chi connectivity index (χ4n) is 3.40. The summed E-state index contributed by atoms with van der Waals surface area (Å²) in [6.07, 6.45) is 1.58. The Balaban J connectivity index is 2.19. The first-order chi connectivity index (χ1) is 14.0. The Kier molecular flexibility index (Phi) is 7.89. The van der Waals surface area contributed by atoms with Gasteiger partial charge in [-0.3, -0.25) is 9.10 Å². The van der Waals surface area contributed by atoms with Crippen LogP contribution < -0.4 is 14.4 Å². The molecule has 2 aromatic carbocycles. The molecule has 1 amide bonds. The van der Waals surface area contributed by atoms with Crippen molar-refractivity contribution in [2.45, 2.75) is 59.7 Å². The van der Waals surface area contributed by atoms with Crippen LogP contribution >= 0.6 is 0 Å². The molecule has 0 bridgehead atoms. The topological polar surface area (TPSA) is 75.7 Å². The molecule has 164 valence electrons. The smallest absolute Gasteiger partial charge is 0.244 e. The molecule has 30 heavy (non-hydrogen) atoms. The lowest BCUT2D eigenvalue weighted by molar-refractivity contribution is -0.122. The van der Waals surface area contributed by atoms with E-state index in [1.807, 2.05) is 65.0 Å². The van der Waals surface area contributed by atoms with Gasteiger partial charge in [0, 0.05) is 6.54 Å². The first-order valence-electron chi connectivity index (χ1n) is 10.1. The molecule has 2 rings (SSSR count). The minimum Gasteiger partial charge on any atom is -0.491 e. The van der Waals surface area contributed by atoms with E-state index in [2.05, 4.69) is 5.32 Å². The third-order valence-electron chi connectivity index (χ3n) is 4.55. The van der Waals surface area contributed by atoms with Gasteiger partial charge >= 0.3 is 0 Å². The van der Waals surface area contributed by atoms with Crippen LogP contribution in [-0.2, 0) is 21.4 Å². The first kappa shape index (κ1) is 23.7. The maximum absolute atomic E-state index is 12.9. The van der Waals surface area contributed by atoms with Gasteiger partial charge in [0.15, 0.2) is 0 Å². The van der Waals surface area contributed by atoms with Crippen molar-refractivity contribution in [3.63, 3.8) is 0 Å². The van der Waals surface area contributed by atoms with Gasteiger partial charge in [-0.25, -0.2) is 8.42 Å². The second kappa shape index (κ2) is 9.98. The van der Waals surface area contributed by atoms with Gasteiger partial charge in [0.05, 0.1) is 18.0 Å². The van der Waals surface area contributed by atoms with Crippen molar-refractivity contribution in [1.82, 2.24) is 5.32 Å². The van der Waals surface area contributed by atoms with Gasteiger partial charge in [-0.05, 0) is 75.1 Å². The van der Waals surface area contributed by atoms with Crippen LogP contribution in [0.4, 0.5) is 5.69 Å². The monoisotopic (exact) mass is 432 g/mol. The van der Waals surface area contributed by atoms with Crippen LogP contribution in [0.3, 0.4) is 0 Å². The number of hydrogen-bond acceptors (Lipinski definition) is 4. The average molecular weight is 433 g/mol. The standard InChI is InChI=1S/C23H32N2O4S/c1-7-22(25(30(6,27)28)20-13-17(4)12-18(5)14-20)23(26)24-15-19-8-10-21(11-9-19)29-16(2)3/h8-14,16,22H,7,15H2,1-6H3,(H,24,26). The summed E-state index contributed by atoms with van der Waals surface area (Å²) in [5.41, 5.74) is 3.30. The van der Waals surface area contributed by atoms with Crippen molar-refractivity contribution in [2.24, 2.45) is 0 Å². The molecule has 0 heterocycles. The second-order valence-electron chi connectivity index (χ2n) is 7.86. The molecule has 1 atom stereocenters. The minimum absolute atomic E-state index is 0.0908. The van der Waals surface area contributed by atoms with Gasteiger partial charge in [0.2, 0.25) is 15.9 Å². The van der Waals surface area contributed by atoms with Crippen molar-refractivity contribution < 1.29 is 17.9 Å². The Morgan fingerprint density at radius 3 is 2.10 bits per heavy atom. The molecule has 1 N–H and O–H groups in total. The number of ether oxygens (including phenoxy) is 1. The summed E-state index contributed by atoms with van der Waals surface area (Å²) in [6.45, 7) is 9.85. The molecule has 0 aromatic heterocycles. The zero-order chi connectivity index (χ0) is 22.5. The SMILES string of the molecule is CCC(C(=O)NCc1ccc(OC(C)C)cc1)N(c1cc(C)cc(C)c1)S(C)(=O)=O. The molecular formula is C23H32N2O4S. The summed E-state index contributed by atoms with van der Waals surface area (Å²) in [5.74, 6) is 0.439. The van der Waals surface area contributed by atoms with Gasteiger partial charge in [0.25, 0.3) is 0 Å². The number of anilines is 1. The molecule has 2 aromatic rings. The fraction of sp³-hybridized carbons (Fsp3) is 0.435. The largest absolute Gasteiger partial charge is 0.491 e. The third-order valence-corrected chi connectivity index (χ3v) is 5.73. The predicted octanol–water partition coefficient (Wildman–Crippen LogP) is 3.95. The van der Waals surface area contributed by atoms with Gasteiger partial charge in [0.1, 0.15) is 11.8 Å².